The van der Waals surface area contributed by atoms with Gasteiger partial charge in [-0.1, -0.05) is 0 Å². The fourth-order valence-electron chi connectivity index (χ4n) is 2.45. The number of hydrogen-bond acceptors (Lipinski definition) is 3. The molecule has 2 heterocycles. The fourth-order valence-corrected chi connectivity index (χ4v) is 2.45. The highest BCUT2D eigenvalue weighted by Gasteiger charge is 2.18. The topological polar surface area (TPSA) is 28.2 Å². The van der Waals surface area contributed by atoms with E-state index >= 15 is 0 Å². The van der Waals surface area contributed by atoms with Crippen molar-refractivity contribution in [1.29, 1.82) is 0 Å². The normalized spacial score (nSPS) is 22.5. The van der Waals surface area contributed by atoms with Gasteiger partial charge in [-0.2, -0.15) is 0 Å². The first kappa shape index (κ1) is 12.4. The van der Waals surface area contributed by atoms with Gasteiger partial charge in [-0.15, -0.1) is 0 Å². The number of piperidine rings is 1. The lowest BCUT2D eigenvalue weighted by Gasteiger charge is -2.35. The third-order valence-electron chi connectivity index (χ3n) is 3.78. The van der Waals surface area contributed by atoms with Gasteiger partial charge in [-0.3, -0.25) is 4.98 Å². The van der Waals surface area contributed by atoms with E-state index < -0.39 is 0 Å². The summed E-state index contributed by atoms with van der Waals surface area (Å²) >= 11 is 0. The fraction of sp³-hybridized carbons (Fsp3) is 0.643. The molecule has 94 valence electrons. The molecule has 1 N–H and O–H groups in total. The number of anilines is 1. The lowest BCUT2D eigenvalue weighted by Crippen LogP contribution is -2.37. The third kappa shape index (κ3) is 2.78. The van der Waals surface area contributed by atoms with Crippen LogP contribution in [0.2, 0.25) is 0 Å². The minimum Gasteiger partial charge on any atom is -0.368 e. The van der Waals surface area contributed by atoms with Crippen LogP contribution in [0, 0.1) is 0 Å². The number of nitrogens with one attached hydrogen (secondary N) is 1. The molecule has 0 spiro atoms. The maximum Gasteiger partial charge on any atom is 0.0571 e. The summed E-state index contributed by atoms with van der Waals surface area (Å²) in [6, 6.07) is 5.32. The van der Waals surface area contributed by atoms with Crippen molar-refractivity contribution in [3.8, 4) is 0 Å². The minimum absolute atomic E-state index is 0.322. The van der Waals surface area contributed by atoms with Crippen LogP contribution >= 0.6 is 0 Å². The number of hydrogen-bond donors (Lipinski definition) is 1. The van der Waals surface area contributed by atoms with Gasteiger partial charge >= 0.3 is 0 Å². The van der Waals surface area contributed by atoms with Crippen LogP contribution in [-0.2, 0) is 0 Å². The maximum atomic E-state index is 4.55. The van der Waals surface area contributed by atoms with Crippen molar-refractivity contribution >= 4 is 5.69 Å². The molecule has 1 aliphatic heterocycles. The van der Waals surface area contributed by atoms with Gasteiger partial charge in [0.15, 0.2) is 0 Å². The molecule has 1 aliphatic rings. The Hall–Kier alpha value is -1.09. The molecule has 2 atom stereocenters. The second-order valence-corrected chi connectivity index (χ2v) is 4.99. The third-order valence-corrected chi connectivity index (χ3v) is 3.78. The van der Waals surface area contributed by atoms with Crippen molar-refractivity contribution in [2.24, 2.45) is 0 Å². The Bertz CT molecular complexity index is 347. The Morgan fingerprint density at radius 2 is 2.24 bits per heavy atom. The molecule has 3 nitrogen and oxygen atoms in total. The zero-order chi connectivity index (χ0) is 12.3. The van der Waals surface area contributed by atoms with Gasteiger partial charge in [0, 0.05) is 18.6 Å². The van der Waals surface area contributed by atoms with Crippen LogP contribution in [0.15, 0.2) is 18.3 Å². The average molecular weight is 233 g/mol. The summed E-state index contributed by atoms with van der Waals surface area (Å²) in [5.74, 6) is 0. The van der Waals surface area contributed by atoms with E-state index in [-0.39, 0.29) is 0 Å². The largest absolute Gasteiger partial charge is 0.368 e. The highest BCUT2D eigenvalue weighted by molar-refractivity contribution is 5.46. The minimum atomic E-state index is 0.322. The van der Waals surface area contributed by atoms with Crippen LogP contribution in [-0.4, -0.2) is 24.6 Å². The van der Waals surface area contributed by atoms with Gasteiger partial charge in [-0.25, -0.2) is 0 Å². The molecule has 2 rings (SSSR count). The van der Waals surface area contributed by atoms with Crippen LogP contribution in [0.1, 0.15) is 44.8 Å². The number of nitrogens with zero attached hydrogens (tertiary/aromatic N) is 2. The molecule has 1 aromatic heterocycles. The Kier molecular flexibility index (Phi) is 4.00. The van der Waals surface area contributed by atoms with E-state index in [4.69, 9.17) is 0 Å². The molecule has 0 saturated carbocycles. The van der Waals surface area contributed by atoms with Gasteiger partial charge < -0.3 is 10.2 Å². The van der Waals surface area contributed by atoms with E-state index in [1.54, 1.807) is 0 Å². The standard InChI is InChI=1S/C14H23N3/c1-11-6-4-5-9-17(11)13-7-8-14(16-10-13)12(2)15-3/h7-8,10-12,15H,4-6,9H2,1-3H3. The Balaban J connectivity index is 2.11. The van der Waals surface area contributed by atoms with Crippen molar-refractivity contribution in [1.82, 2.24) is 10.3 Å². The summed E-state index contributed by atoms with van der Waals surface area (Å²) < 4.78 is 0. The van der Waals surface area contributed by atoms with Crippen molar-refractivity contribution in [3.05, 3.63) is 24.0 Å². The number of pyridine rings is 1. The lowest BCUT2D eigenvalue weighted by atomic mass is 10.0. The van der Waals surface area contributed by atoms with E-state index in [1.165, 1.54) is 31.5 Å². The molecule has 0 amide bonds. The zero-order valence-electron chi connectivity index (χ0n) is 11.1. The van der Waals surface area contributed by atoms with Gasteiger partial charge in [0.1, 0.15) is 0 Å². The van der Waals surface area contributed by atoms with Gasteiger partial charge in [0.25, 0.3) is 0 Å². The molecule has 0 aromatic carbocycles. The molecule has 0 radical (unpaired) electrons. The van der Waals surface area contributed by atoms with E-state index in [0.717, 1.165) is 5.69 Å². The van der Waals surface area contributed by atoms with E-state index in [0.29, 0.717) is 12.1 Å². The van der Waals surface area contributed by atoms with E-state index in [2.05, 4.69) is 41.2 Å². The molecule has 2 unspecified atom stereocenters. The van der Waals surface area contributed by atoms with Gasteiger partial charge in [0.05, 0.1) is 17.6 Å². The Morgan fingerprint density at radius 1 is 1.41 bits per heavy atom. The molecule has 1 fully saturated rings. The summed E-state index contributed by atoms with van der Waals surface area (Å²) in [5, 5.41) is 3.21. The molecular weight excluding hydrogens is 210 g/mol. The first-order valence-corrected chi connectivity index (χ1v) is 6.62. The molecule has 3 heteroatoms. The van der Waals surface area contributed by atoms with Crippen LogP contribution in [0.5, 0.6) is 0 Å². The molecule has 0 aliphatic carbocycles. The van der Waals surface area contributed by atoms with Gasteiger partial charge in [-0.05, 0) is 52.3 Å². The zero-order valence-corrected chi connectivity index (χ0v) is 11.1. The van der Waals surface area contributed by atoms with Crippen LogP contribution < -0.4 is 10.2 Å². The van der Waals surface area contributed by atoms with Crippen molar-refractivity contribution in [3.63, 3.8) is 0 Å². The van der Waals surface area contributed by atoms with E-state index in [9.17, 15) is 0 Å². The summed E-state index contributed by atoms with van der Waals surface area (Å²) in [6.07, 6.45) is 5.98. The van der Waals surface area contributed by atoms with Crippen LogP contribution in [0.3, 0.4) is 0 Å². The number of rotatable bonds is 3. The molecule has 1 aromatic rings. The molecule has 1 saturated heterocycles. The SMILES string of the molecule is CNC(C)c1ccc(N2CCCCC2C)cn1. The smallest absolute Gasteiger partial charge is 0.0571 e. The second kappa shape index (κ2) is 5.50. The summed E-state index contributed by atoms with van der Waals surface area (Å²) in [5.41, 5.74) is 2.38. The Labute approximate surface area is 104 Å². The monoisotopic (exact) mass is 233 g/mol. The van der Waals surface area contributed by atoms with Crippen molar-refractivity contribution in [2.75, 3.05) is 18.5 Å². The van der Waals surface area contributed by atoms with Gasteiger partial charge in [0.2, 0.25) is 0 Å². The van der Waals surface area contributed by atoms with Crippen LogP contribution in [0.4, 0.5) is 5.69 Å². The quantitative estimate of drug-likeness (QED) is 0.870. The maximum absolute atomic E-state index is 4.55. The highest BCUT2D eigenvalue weighted by Crippen LogP contribution is 2.24. The predicted molar refractivity (Wildman–Crippen MR) is 72.4 cm³/mol. The molecule has 17 heavy (non-hydrogen) atoms. The number of aromatic nitrogens is 1. The second-order valence-electron chi connectivity index (χ2n) is 4.99. The summed E-state index contributed by atoms with van der Waals surface area (Å²) in [7, 11) is 1.97. The van der Waals surface area contributed by atoms with E-state index in [1.807, 2.05) is 13.2 Å². The summed E-state index contributed by atoms with van der Waals surface area (Å²) in [6.45, 7) is 5.61. The highest BCUT2D eigenvalue weighted by atomic mass is 15.2. The lowest BCUT2D eigenvalue weighted by molar-refractivity contribution is 0.484. The average Bonchev–Trinajstić information content (AvgIpc) is 2.39. The first-order chi connectivity index (χ1) is 8.22. The van der Waals surface area contributed by atoms with Crippen LogP contribution in [0.25, 0.3) is 0 Å². The Morgan fingerprint density at radius 3 is 2.82 bits per heavy atom. The van der Waals surface area contributed by atoms with Crippen molar-refractivity contribution in [2.45, 2.75) is 45.2 Å². The van der Waals surface area contributed by atoms with Crippen molar-refractivity contribution < 1.29 is 0 Å². The molecular formula is C14H23N3. The summed E-state index contributed by atoms with van der Waals surface area (Å²) in [4.78, 5) is 7.03. The predicted octanol–water partition coefficient (Wildman–Crippen LogP) is 2.74. The first-order valence-electron chi connectivity index (χ1n) is 6.62. The molecule has 0 bridgehead atoms.